The fraction of sp³-hybridized carbons (Fsp3) is 0.375. The molecule has 7 nitrogen and oxygen atoms in total. The molecule has 2 aromatic rings. The van der Waals surface area contributed by atoms with Crippen molar-refractivity contribution in [3.8, 4) is 0 Å². The van der Waals surface area contributed by atoms with E-state index in [9.17, 15) is 10.1 Å². The average Bonchev–Trinajstić information content (AvgIpc) is 2.54. The van der Waals surface area contributed by atoms with Crippen molar-refractivity contribution < 1.29 is 4.92 Å². The quantitative estimate of drug-likeness (QED) is 0.567. The van der Waals surface area contributed by atoms with Gasteiger partial charge in [0.2, 0.25) is 11.6 Å². The summed E-state index contributed by atoms with van der Waals surface area (Å²) in [4.78, 5) is 18.8. The van der Waals surface area contributed by atoms with Crippen molar-refractivity contribution in [2.75, 3.05) is 17.2 Å². The van der Waals surface area contributed by atoms with Crippen molar-refractivity contribution in [2.24, 2.45) is 0 Å². The minimum Gasteiger partial charge on any atom is -0.364 e. The number of hydrogen-bond acceptors (Lipinski definition) is 6. The summed E-state index contributed by atoms with van der Waals surface area (Å²) in [6.07, 6.45) is 4.65. The number of nitro groups is 1. The zero-order valence-corrected chi connectivity index (χ0v) is 13.4. The summed E-state index contributed by atoms with van der Waals surface area (Å²) in [5, 5.41) is 17.2. The number of hydrogen-bond donors (Lipinski definition) is 2. The largest absolute Gasteiger partial charge is 0.364 e. The topological polar surface area (TPSA) is 93.0 Å². The van der Waals surface area contributed by atoms with Crippen LogP contribution in [0, 0.1) is 10.1 Å². The monoisotopic (exact) mass is 315 g/mol. The fourth-order valence-electron chi connectivity index (χ4n) is 2.21. The van der Waals surface area contributed by atoms with Crippen molar-refractivity contribution in [3.63, 3.8) is 0 Å². The smallest absolute Gasteiger partial charge is 0.353 e. The average molecular weight is 315 g/mol. The van der Waals surface area contributed by atoms with Crippen LogP contribution in [-0.2, 0) is 6.42 Å². The van der Waals surface area contributed by atoms with Gasteiger partial charge in [0.15, 0.2) is 0 Å². The molecular weight excluding hydrogens is 294 g/mol. The van der Waals surface area contributed by atoms with E-state index < -0.39 is 4.92 Å². The lowest BCUT2D eigenvalue weighted by molar-refractivity contribution is -0.383. The van der Waals surface area contributed by atoms with Gasteiger partial charge in [-0.1, -0.05) is 25.5 Å². The summed E-state index contributed by atoms with van der Waals surface area (Å²) in [6.45, 7) is 4.56. The van der Waals surface area contributed by atoms with Crippen molar-refractivity contribution >= 4 is 23.0 Å². The van der Waals surface area contributed by atoms with Gasteiger partial charge in [-0.25, -0.2) is 9.97 Å². The van der Waals surface area contributed by atoms with E-state index in [4.69, 9.17) is 0 Å². The molecule has 0 spiro atoms. The SMILES string of the molecule is CCCCc1ccc(Nc2ncnc(NCC)c2[N+](=O)[O-])cc1. The molecule has 0 saturated carbocycles. The molecule has 0 aliphatic heterocycles. The Labute approximate surface area is 135 Å². The van der Waals surface area contributed by atoms with E-state index in [1.54, 1.807) is 0 Å². The van der Waals surface area contributed by atoms with E-state index in [0.29, 0.717) is 6.54 Å². The molecule has 0 aliphatic rings. The summed E-state index contributed by atoms with van der Waals surface area (Å²) in [5.41, 5.74) is 1.86. The number of nitrogens with zero attached hydrogens (tertiary/aromatic N) is 3. The second-order valence-corrected chi connectivity index (χ2v) is 5.13. The highest BCUT2D eigenvalue weighted by Gasteiger charge is 2.22. The zero-order chi connectivity index (χ0) is 16.7. The molecule has 2 N–H and O–H groups in total. The molecule has 0 aliphatic carbocycles. The Hall–Kier alpha value is -2.70. The van der Waals surface area contributed by atoms with E-state index >= 15 is 0 Å². The van der Waals surface area contributed by atoms with Crippen LogP contribution in [0.5, 0.6) is 0 Å². The number of rotatable bonds is 8. The minimum atomic E-state index is -0.476. The molecule has 0 unspecified atom stereocenters. The standard InChI is InChI=1S/C16H21N5O2/c1-3-5-6-12-7-9-13(10-8-12)20-16-14(21(22)23)15(17-4-2)18-11-19-16/h7-11H,3-6H2,1-2H3,(H2,17,18,19,20). The predicted molar refractivity (Wildman–Crippen MR) is 91.2 cm³/mol. The maximum atomic E-state index is 11.3. The highest BCUT2D eigenvalue weighted by molar-refractivity contribution is 5.73. The molecule has 0 radical (unpaired) electrons. The van der Waals surface area contributed by atoms with E-state index in [1.807, 2.05) is 31.2 Å². The lowest BCUT2D eigenvalue weighted by Gasteiger charge is -2.09. The van der Waals surface area contributed by atoms with Gasteiger partial charge in [0.05, 0.1) is 4.92 Å². The number of benzene rings is 1. The summed E-state index contributed by atoms with van der Waals surface area (Å²) < 4.78 is 0. The maximum Gasteiger partial charge on any atom is 0.353 e. The van der Waals surface area contributed by atoms with Gasteiger partial charge in [-0.2, -0.15) is 0 Å². The molecular formula is C16H21N5O2. The molecule has 7 heteroatoms. The lowest BCUT2D eigenvalue weighted by Crippen LogP contribution is -2.07. The molecule has 122 valence electrons. The first-order valence-corrected chi connectivity index (χ1v) is 7.75. The minimum absolute atomic E-state index is 0.149. The normalized spacial score (nSPS) is 10.3. The first-order chi connectivity index (χ1) is 11.2. The Morgan fingerprint density at radius 2 is 1.83 bits per heavy atom. The Kier molecular flexibility index (Phi) is 5.85. The number of anilines is 3. The molecule has 1 heterocycles. The number of aryl methyl sites for hydroxylation is 1. The first kappa shape index (κ1) is 16.7. The molecule has 0 fully saturated rings. The molecule has 0 saturated heterocycles. The summed E-state index contributed by atoms with van der Waals surface area (Å²) in [6, 6.07) is 7.86. The third kappa shape index (κ3) is 4.38. The van der Waals surface area contributed by atoms with Crippen molar-refractivity contribution in [1.82, 2.24) is 9.97 Å². The summed E-state index contributed by atoms with van der Waals surface area (Å²) in [5.74, 6) is 0.400. The summed E-state index contributed by atoms with van der Waals surface area (Å²) in [7, 11) is 0. The van der Waals surface area contributed by atoms with Crippen LogP contribution in [-0.4, -0.2) is 21.4 Å². The van der Waals surface area contributed by atoms with Crippen LogP contribution in [0.4, 0.5) is 23.0 Å². The van der Waals surface area contributed by atoms with Gasteiger partial charge in [-0.15, -0.1) is 0 Å². The molecule has 23 heavy (non-hydrogen) atoms. The second-order valence-electron chi connectivity index (χ2n) is 5.13. The molecule has 1 aromatic heterocycles. The zero-order valence-electron chi connectivity index (χ0n) is 13.4. The van der Waals surface area contributed by atoms with Crippen molar-refractivity contribution in [1.29, 1.82) is 0 Å². The van der Waals surface area contributed by atoms with Crippen LogP contribution in [0.1, 0.15) is 32.3 Å². The highest BCUT2D eigenvalue weighted by Crippen LogP contribution is 2.31. The number of unbranched alkanes of at least 4 members (excludes halogenated alkanes) is 1. The predicted octanol–water partition coefficient (Wildman–Crippen LogP) is 3.90. The van der Waals surface area contributed by atoms with Gasteiger partial charge < -0.3 is 10.6 Å². The van der Waals surface area contributed by atoms with Crippen molar-refractivity contribution in [2.45, 2.75) is 33.1 Å². The molecule has 0 bridgehead atoms. The Morgan fingerprint density at radius 1 is 1.13 bits per heavy atom. The lowest BCUT2D eigenvalue weighted by atomic mass is 10.1. The highest BCUT2D eigenvalue weighted by atomic mass is 16.6. The van der Waals surface area contributed by atoms with Crippen molar-refractivity contribution in [3.05, 3.63) is 46.3 Å². The summed E-state index contributed by atoms with van der Waals surface area (Å²) >= 11 is 0. The van der Waals surface area contributed by atoms with E-state index in [2.05, 4.69) is 27.5 Å². The van der Waals surface area contributed by atoms with Gasteiger partial charge in [0.25, 0.3) is 0 Å². The van der Waals surface area contributed by atoms with Gasteiger partial charge in [-0.05, 0) is 37.5 Å². The first-order valence-electron chi connectivity index (χ1n) is 7.75. The van der Waals surface area contributed by atoms with Crippen LogP contribution in [0.3, 0.4) is 0 Å². The van der Waals surface area contributed by atoms with Gasteiger partial charge >= 0.3 is 5.69 Å². The van der Waals surface area contributed by atoms with Crippen LogP contribution in [0.2, 0.25) is 0 Å². The van der Waals surface area contributed by atoms with Crippen LogP contribution < -0.4 is 10.6 Å². The second kappa shape index (κ2) is 8.07. The number of nitrogens with one attached hydrogen (secondary N) is 2. The van der Waals surface area contributed by atoms with E-state index in [0.717, 1.165) is 24.9 Å². The van der Waals surface area contributed by atoms with Crippen LogP contribution in [0.15, 0.2) is 30.6 Å². The Bertz CT molecular complexity index is 658. The third-order valence-electron chi connectivity index (χ3n) is 3.38. The number of aromatic nitrogens is 2. The van der Waals surface area contributed by atoms with Gasteiger partial charge in [0, 0.05) is 12.2 Å². The molecule has 0 atom stereocenters. The molecule has 2 rings (SSSR count). The molecule has 0 amide bonds. The Morgan fingerprint density at radius 3 is 2.43 bits per heavy atom. The van der Waals surface area contributed by atoms with E-state index in [-0.39, 0.29) is 17.3 Å². The third-order valence-corrected chi connectivity index (χ3v) is 3.38. The van der Waals surface area contributed by atoms with Crippen LogP contribution in [0.25, 0.3) is 0 Å². The van der Waals surface area contributed by atoms with E-state index in [1.165, 1.54) is 11.9 Å². The van der Waals surface area contributed by atoms with Gasteiger partial charge in [0.1, 0.15) is 6.33 Å². The van der Waals surface area contributed by atoms with Crippen LogP contribution >= 0.6 is 0 Å². The molecule has 1 aromatic carbocycles. The van der Waals surface area contributed by atoms with Gasteiger partial charge in [-0.3, -0.25) is 10.1 Å². The fourth-order valence-corrected chi connectivity index (χ4v) is 2.21. The Balaban J connectivity index is 2.22. The maximum absolute atomic E-state index is 11.3.